The van der Waals surface area contributed by atoms with Gasteiger partial charge in [-0.25, -0.2) is 0 Å². The first kappa shape index (κ1) is 15.5. The minimum atomic E-state index is -0.181. The fourth-order valence-corrected chi connectivity index (χ4v) is 3.47. The van der Waals surface area contributed by atoms with E-state index in [1.165, 1.54) is 23.1 Å². The molecule has 1 aliphatic carbocycles. The molecule has 1 aromatic carbocycles. The van der Waals surface area contributed by atoms with Crippen LogP contribution in [0.3, 0.4) is 0 Å². The van der Waals surface area contributed by atoms with Crippen molar-refractivity contribution in [1.29, 1.82) is 0 Å². The number of aromatic nitrogens is 3. The zero-order valence-corrected chi connectivity index (χ0v) is 13.6. The number of hydrogen-bond donors (Lipinski definition) is 1. The van der Waals surface area contributed by atoms with Crippen molar-refractivity contribution in [2.24, 2.45) is 7.05 Å². The Morgan fingerprint density at radius 1 is 1.35 bits per heavy atom. The molecular weight excluding hydrogens is 292 g/mol. The van der Waals surface area contributed by atoms with Crippen molar-refractivity contribution >= 4 is 5.91 Å². The molecule has 6 nitrogen and oxygen atoms in total. The first-order chi connectivity index (χ1) is 11.1. The summed E-state index contributed by atoms with van der Waals surface area (Å²) in [4.78, 5) is 12.3. The Morgan fingerprint density at radius 2 is 2.09 bits per heavy atom. The topological polar surface area (TPSA) is 69.0 Å². The lowest BCUT2D eigenvalue weighted by molar-refractivity contribution is 0.0937. The van der Waals surface area contributed by atoms with Gasteiger partial charge < -0.3 is 10.1 Å². The predicted molar refractivity (Wildman–Crippen MR) is 86.5 cm³/mol. The third kappa shape index (κ3) is 3.06. The van der Waals surface area contributed by atoms with Gasteiger partial charge in [-0.1, -0.05) is 36.3 Å². The average Bonchev–Trinajstić information content (AvgIpc) is 3.22. The fraction of sp³-hybridized carbons (Fsp3) is 0.471. The standard InChI is InChI=1S/C17H22N4O2/c1-21-11-14(19-20-21)16(22)18-12-17(9-5-6-10-17)13-7-3-4-8-15(13)23-2/h3-4,7-8,11H,5-6,9-10,12H2,1-2H3,(H,18,22). The van der Waals surface area contributed by atoms with Crippen LogP contribution in [0.15, 0.2) is 30.5 Å². The van der Waals surface area contributed by atoms with E-state index >= 15 is 0 Å². The largest absolute Gasteiger partial charge is 0.496 e. The molecule has 23 heavy (non-hydrogen) atoms. The highest BCUT2D eigenvalue weighted by molar-refractivity contribution is 5.91. The summed E-state index contributed by atoms with van der Waals surface area (Å²) in [7, 11) is 3.44. The quantitative estimate of drug-likeness (QED) is 0.917. The molecule has 0 bridgehead atoms. The van der Waals surface area contributed by atoms with Gasteiger partial charge in [-0.3, -0.25) is 9.48 Å². The minimum Gasteiger partial charge on any atom is -0.496 e. The molecule has 1 saturated carbocycles. The van der Waals surface area contributed by atoms with E-state index in [0.717, 1.165) is 18.6 Å². The van der Waals surface area contributed by atoms with E-state index in [2.05, 4.69) is 21.7 Å². The van der Waals surface area contributed by atoms with Crippen molar-refractivity contribution in [1.82, 2.24) is 20.3 Å². The monoisotopic (exact) mass is 314 g/mol. The first-order valence-corrected chi connectivity index (χ1v) is 7.93. The van der Waals surface area contributed by atoms with Crippen molar-refractivity contribution in [2.45, 2.75) is 31.1 Å². The fourth-order valence-electron chi connectivity index (χ4n) is 3.47. The lowest BCUT2D eigenvalue weighted by atomic mass is 9.78. The highest BCUT2D eigenvalue weighted by Gasteiger charge is 2.38. The molecule has 122 valence electrons. The molecule has 1 heterocycles. The summed E-state index contributed by atoms with van der Waals surface area (Å²) in [6.07, 6.45) is 6.06. The van der Waals surface area contributed by atoms with E-state index in [1.54, 1.807) is 20.4 Å². The third-order valence-electron chi connectivity index (χ3n) is 4.66. The second-order valence-corrected chi connectivity index (χ2v) is 6.15. The second kappa shape index (κ2) is 6.40. The van der Waals surface area contributed by atoms with E-state index < -0.39 is 0 Å². The Labute approximate surface area is 135 Å². The van der Waals surface area contributed by atoms with Crippen molar-refractivity contribution < 1.29 is 9.53 Å². The molecule has 0 unspecified atom stereocenters. The zero-order chi connectivity index (χ0) is 16.3. The molecule has 0 spiro atoms. The number of carbonyl (C=O) groups is 1. The number of hydrogen-bond acceptors (Lipinski definition) is 4. The van der Waals surface area contributed by atoms with E-state index in [9.17, 15) is 4.79 Å². The number of amides is 1. The normalized spacial score (nSPS) is 16.3. The van der Waals surface area contributed by atoms with Gasteiger partial charge in [0.1, 0.15) is 5.75 Å². The highest BCUT2D eigenvalue weighted by atomic mass is 16.5. The van der Waals surface area contributed by atoms with Gasteiger partial charge >= 0.3 is 0 Å². The number of methoxy groups -OCH3 is 1. The summed E-state index contributed by atoms with van der Waals surface area (Å²) in [6, 6.07) is 8.10. The molecule has 0 saturated heterocycles. The van der Waals surface area contributed by atoms with Crippen LogP contribution in [0.5, 0.6) is 5.75 Å². The zero-order valence-electron chi connectivity index (χ0n) is 13.6. The Hall–Kier alpha value is -2.37. The van der Waals surface area contributed by atoms with Gasteiger partial charge in [0.25, 0.3) is 5.91 Å². The van der Waals surface area contributed by atoms with Crippen LogP contribution in [-0.2, 0) is 12.5 Å². The van der Waals surface area contributed by atoms with Crippen molar-refractivity contribution in [3.05, 3.63) is 41.7 Å². The summed E-state index contributed by atoms with van der Waals surface area (Å²) in [5.41, 5.74) is 1.46. The maximum absolute atomic E-state index is 12.3. The van der Waals surface area contributed by atoms with Crippen LogP contribution in [0.25, 0.3) is 0 Å². The molecular formula is C17H22N4O2. The molecule has 2 aromatic rings. The van der Waals surface area contributed by atoms with Crippen LogP contribution in [0.2, 0.25) is 0 Å². The summed E-state index contributed by atoms with van der Waals surface area (Å²) < 4.78 is 7.07. The van der Waals surface area contributed by atoms with Gasteiger partial charge in [-0.2, -0.15) is 0 Å². The molecule has 6 heteroatoms. The van der Waals surface area contributed by atoms with Crippen molar-refractivity contribution in [2.75, 3.05) is 13.7 Å². The second-order valence-electron chi connectivity index (χ2n) is 6.15. The molecule has 1 aromatic heterocycles. The number of carbonyl (C=O) groups excluding carboxylic acids is 1. The molecule has 1 amide bonds. The molecule has 3 rings (SSSR count). The summed E-state index contributed by atoms with van der Waals surface area (Å²) in [6.45, 7) is 0.586. The van der Waals surface area contributed by atoms with Crippen LogP contribution in [-0.4, -0.2) is 34.6 Å². The van der Waals surface area contributed by atoms with Gasteiger partial charge in [0.05, 0.1) is 13.3 Å². The maximum atomic E-state index is 12.3. The van der Waals surface area contributed by atoms with E-state index in [4.69, 9.17) is 4.74 Å². The maximum Gasteiger partial charge on any atom is 0.273 e. The van der Waals surface area contributed by atoms with Crippen LogP contribution in [0.4, 0.5) is 0 Å². The van der Waals surface area contributed by atoms with Crippen LogP contribution >= 0.6 is 0 Å². The Balaban J connectivity index is 1.80. The van der Waals surface area contributed by atoms with Gasteiger partial charge in [0, 0.05) is 24.6 Å². The summed E-state index contributed by atoms with van der Waals surface area (Å²) in [5, 5.41) is 10.7. The molecule has 0 aliphatic heterocycles. The lowest BCUT2D eigenvalue weighted by Gasteiger charge is -2.31. The number of nitrogens with one attached hydrogen (secondary N) is 1. The Bertz CT molecular complexity index is 689. The van der Waals surface area contributed by atoms with E-state index in [0.29, 0.717) is 12.2 Å². The Morgan fingerprint density at radius 3 is 2.74 bits per heavy atom. The molecule has 0 atom stereocenters. The van der Waals surface area contributed by atoms with Gasteiger partial charge in [-0.05, 0) is 18.9 Å². The molecule has 1 aliphatic rings. The summed E-state index contributed by atoms with van der Waals surface area (Å²) >= 11 is 0. The number of aryl methyl sites for hydroxylation is 1. The molecule has 1 N–H and O–H groups in total. The number of rotatable bonds is 5. The van der Waals surface area contributed by atoms with Crippen LogP contribution in [0, 0.1) is 0 Å². The van der Waals surface area contributed by atoms with E-state index in [-0.39, 0.29) is 11.3 Å². The number of ether oxygens (including phenoxy) is 1. The van der Waals surface area contributed by atoms with Gasteiger partial charge in [-0.15, -0.1) is 5.10 Å². The highest BCUT2D eigenvalue weighted by Crippen LogP contribution is 2.44. The molecule has 0 radical (unpaired) electrons. The SMILES string of the molecule is COc1ccccc1C1(CNC(=O)c2cn(C)nn2)CCCC1. The number of nitrogens with zero attached hydrogens (tertiary/aromatic N) is 3. The van der Waals surface area contributed by atoms with Gasteiger partial charge in [0.15, 0.2) is 5.69 Å². The summed E-state index contributed by atoms with van der Waals surface area (Å²) in [5.74, 6) is 0.711. The van der Waals surface area contributed by atoms with Crippen LogP contribution < -0.4 is 10.1 Å². The van der Waals surface area contributed by atoms with Gasteiger partial charge in [0.2, 0.25) is 0 Å². The Kier molecular flexibility index (Phi) is 4.32. The number of benzene rings is 1. The van der Waals surface area contributed by atoms with E-state index in [1.807, 2.05) is 18.2 Å². The first-order valence-electron chi connectivity index (χ1n) is 7.93. The van der Waals surface area contributed by atoms with Crippen LogP contribution in [0.1, 0.15) is 41.7 Å². The smallest absolute Gasteiger partial charge is 0.273 e. The average molecular weight is 314 g/mol. The third-order valence-corrected chi connectivity index (χ3v) is 4.66. The minimum absolute atomic E-state index is 0.0650. The lowest BCUT2D eigenvalue weighted by Crippen LogP contribution is -2.39. The molecule has 1 fully saturated rings. The number of para-hydroxylation sites is 1. The van der Waals surface area contributed by atoms with Crippen molar-refractivity contribution in [3.63, 3.8) is 0 Å². The predicted octanol–water partition coefficient (Wildman–Crippen LogP) is 2.07. The van der Waals surface area contributed by atoms with Crippen molar-refractivity contribution in [3.8, 4) is 5.75 Å².